The number of carbonyl (C=O) groups excluding carboxylic acids is 1. The molecule has 1 rings (SSSR count). The van der Waals surface area contributed by atoms with Gasteiger partial charge in [0, 0.05) is 37.0 Å². The van der Waals surface area contributed by atoms with E-state index in [0.29, 0.717) is 6.42 Å². The van der Waals surface area contributed by atoms with Crippen LogP contribution in [0.4, 0.5) is 0 Å². The molecule has 0 aliphatic rings. The van der Waals surface area contributed by atoms with E-state index in [4.69, 9.17) is 5.11 Å². The van der Waals surface area contributed by atoms with E-state index < -0.39 is 0 Å². The first kappa shape index (κ1) is 15.4. The van der Waals surface area contributed by atoms with E-state index in [9.17, 15) is 4.79 Å². The van der Waals surface area contributed by atoms with Gasteiger partial charge in [0.05, 0.1) is 5.69 Å². The van der Waals surface area contributed by atoms with Crippen LogP contribution in [0.5, 0.6) is 0 Å². The van der Waals surface area contributed by atoms with E-state index in [0.717, 1.165) is 23.4 Å². The average Bonchev–Trinajstić information content (AvgIpc) is 2.60. The number of aryl methyl sites for hydroxylation is 2. The van der Waals surface area contributed by atoms with Gasteiger partial charge in [-0.2, -0.15) is 5.10 Å². The van der Waals surface area contributed by atoms with Crippen molar-refractivity contribution in [2.45, 2.75) is 39.7 Å². The second-order valence-electron chi connectivity index (χ2n) is 4.67. The fourth-order valence-electron chi connectivity index (χ4n) is 1.97. The van der Waals surface area contributed by atoms with Crippen LogP contribution in [0.25, 0.3) is 6.08 Å². The van der Waals surface area contributed by atoms with Crippen LogP contribution in [0.3, 0.4) is 0 Å². The zero-order chi connectivity index (χ0) is 14.4. The van der Waals surface area contributed by atoms with E-state index in [1.165, 1.54) is 6.08 Å². The van der Waals surface area contributed by atoms with Crippen molar-refractivity contribution in [1.29, 1.82) is 0 Å². The van der Waals surface area contributed by atoms with Crippen LogP contribution >= 0.6 is 0 Å². The number of nitrogens with zero attached hydrogens (tertiary/aromatic N) is 2. The molecule has 0 fully saturated rings. The molecule has 0 aliphatic heterocycles. The maximum Gasteiger partial charge on any atom is 0.244 e. The highest BCUT2D eigenvalue weighted by molar-refractivity contribution is 5.92. The Bertz CT molecular complexity index is 464. The lowest BCUT2D eigenvalue weighted by Crippen LogP contribution is -2.33. The smallest absolute Gasteiger partial charge is 0.244 e. The van der Waals surface area contributed by atoms with Gasteiger partial charge in [-0.1, -0.05) is 6.92 Å². The Morgan fingerprint density at radius 2 is 2.21 bits per heavy atom. The van der Waals surface area contributed by atoms with Crippen LogP contribution in [0, 0.1) is 13.8 Å². The molecule has 2 N–H and O–H groups in total. The van der Waals surface area contributed by atoms with Gasteiger partial charge < -0.3 is 10.4 Å². The largest absolute Gasteiger partial charge is 0.396 e. The number of aliphatic hydroxyl groups is 1. The fraction of sp³-hybridized carbons (Fsp3) is 0.571. The number of aromatic nitrogens is 2. The van der Waals surface area contributed by atoms with Crippen LogP contribution < -0.4 is 5.32 Å². The molecule has 0 radical (unpaired) electrons. The van der Waals surface area contributed by atoms with Crippen molar-refractivity contribution in [1.82, 2.24) is 15.1 Å². The monoisotopic (exact) mass is 265 g/mol. The minimum absolute atomic E-state index is 0.0262. The maximum atomic E-state index is 11.8. The van der Waals surface area contributed by atoms with E-state index >= 15 is 0 Å². The van der Waals surface area contributed by atoms with Gasteiger partial charge in [0.1, 0.15) is 0 Å². The number of amides is 1. The molecule has 19 heavy (non-hydrogen) atoms. The summed E-state index contributed by atoms with van der Waals surface area (Å²) in [6.07, 6.45) is 4.71. The molecule has 0 aromatic carbocycles. The predicted molar refractivity (Wildman–Crippen MR) is 75.6 cm³/mol. The highest BCUT2D eigenvalue weighted by Crippen LogP contribution is 2.13. The number of rotatable bonds is 6. The topological polar surface area (TPSA) is 67.2 Å². The molecule has 0 saturated carbocycles. The van der Waals surface area contributed by atoms with Crippen molar-refractivity contribution >= 4 is 12.0 Å². The van der Waals surface area contributed by atoms with Gasteiger partial charge in [0.15, 0.2) is 0 Å². The van der Waals surface area contributed by atoms with Gasteiger partial charge in [-0.15, -0.1) is 0 Å². The van der Waals surface area contributed by atoms with Gasteiger partial charge >= 0.3 is 0 Å². The standard InChI is InChI=1S/C14H23N3O2/c1-5-12(8-9-18)15-14(19)7-6-13-10(2)16-17(4)11(13)3/h6-7,12,18H,5,8-9H2,1-4H3,(H,15,19)/b7-6+. The number of nitrogens with one attached hydrogen (secondary N) is 1. The Morgan fingerprint density at radius 1 is 1.53 bits per heavy atom. The fourth-order valence-corrected chi connectivity index (χ4v) is 1.97. The number of carbonyl (C=O) groups is 1. The lowest BCUT2D eigenvalue weighted by atomic mass is 10.1. The predicted octanol–water partition coefficient (Wildman–Crippen LogP) is 1.33. The van der Waals surface area contributed by atoms with Gasteiger partial charge in [0.25, 0.3) is 0 Å². The summed E-state index contributed by atoms with van der Waals surface area (Å²) in [5, 5.41) is 16.1. The summed E-state index contributed by atoms with van der Waals surface area (Å²) in [7, 11) is 1.88. The maximum absolute atomic E-state index is 11.8. The number of hydrogen-bond donors (Lipinski definition) is 2. The summed E-state index contributed by atoms with van der Waals surface area (Å²) in [5.74, 6) is -0.136. The SMILES string of the molecule is CCC(CCO)NC(=O)/C=C/c1c(C)nn(C)c1C. The molecule has 0 aliphatic carbocycles. The summed E-state index contributed by atoms with van der Waals surface area (Å²) < 4.78 is 1.80. The average molecular weight is 265 g/mol. The Morgan fingerprint density at radius 3 is 2.68 bits per heavy atom. The molecule has 5 heteroatoms. The first-order chi connectivity index (χ1) is 8.99. The third kappa shape index (κ3) is 4.21. The minimum atomic E-state index is -0.136. The van der Waals surface area contributed by atoms with Crippen molar-refractivity contribution in [3.8, 4) is 0 Å². The van der Waals surface area contributed by atoms with Crippen LogP contribution in [0.2, 0.25) is 0 Å². The van der Waals surface area contributed by atoms with E-state index in [1.54, 1.807) is 10.8 Å². The van der Waals surface area contributed by atoms with Crippen LogP contribution in [-0.2, 0) is 11.8 Å². The first-order valence-corrected chi connectivity index (χ1v) is 6.59. The Hall–Kier alpha value is -1.62. The summed E-state index contributed by atoms with van der Waals surface area (Å²) in [4.78, 5) is 11.8. The molecule has 0 spiro atoms. The van der Waals surface area contributed by atoms with Crippen molar-refractivity contribution < 1.29 is 9.90 Å². The Balaban J connectivity index is 2.68. The number of aliphatic hydroxyl groups excluding tert-OH is 1. The molecule has 106 valence electrons. The van der Waals surface area contributed by atoms with Gasteiger partial charge in [-0.05, 0) is 32.8 Å². The molecule has 1 aromatic rings. The van der Waals surface area contributed by atoms with Crippen molar-refractivity contribution in [3.63, 3.8) is 0 Å². The van der Waals surface area contributed by atoms with Gasteiger partial charge in [-0.3, -0.25) is 9.48 Å². The van der Waals surface area contributed by atoms with Crippen molar-refractivity contribution in [2.75, 3.05) is 6.61 Å². The van der Waals surface area contributed by atoms with Crippen LogP contribution in [0.1, 0.15) is 36.7 Å². The zero-order valence-electron chi connectivity index (χ0n) is 12.1. The molecule has 1 unspecified atom stereocenters. The summed E-state index contributed by atoms with van der Waals surface area (Å²) in [6, 6.07) is 0.0262. The third-order valence-corrected chi connectivity index (χ3v) is 3.28. The normalized spacial score (nSPS) is 12.9. The third-order valence-electron chi connectivity index (χ3n) is 3.28. The molecule has 5 nitrogen and oxygen atoms in total. The molecular formula is C14H23N3O2. The highest BCUT2D eigenvalue weighted by atomic mass is 16.3. The summed E-state index contributed by atoms with van der Waals surface area (Å²) in [5.41, 5.74) is 2.92. The molecule has 1 aromatic heterocycles. The lowest BCUT2D eigenvalue weighted by molar-refractivity contribution is -0.117. The van der Waals surface area contributed by atoms with Crippen molar-refractivity contribution in [2.24, 2.45) is 7.05 Å². The van der Waals surface area contributed by atoms with E-state index in [1.807, 2.05) is 27.8 Å². The van der Waals surface area contributed by atoms with Gasteiger partial charge in [0.2, 0.25) is 5.91 Å². The minimum Gasteiger partial charge on any atom is -0.396 e. The zero-order valence-corrected chi connectivity index (χ0v) is 12.1. The Labute approximate surface area is 114 Å². The molecule has 1 heterocycles. The second-order valence-corrected chi connectivity index (χ2v) is 4.67. The molecule has 1 atom stereocenters. The highest BCUT2D eigenvalue weighted by Gasteiger charge is 2.09. The molecule has 0 bridgehead atoms. The number of hydrogen-bond acceptors (Lipinski definition) is 3. The Kier molecular flexibility index (Phi) is 5.76. The quantitative estimate of drug-likeness (QED) is 0.762. The molecular weight excluding hydrogens is 242 g/mol. The van der Waals surface area contributed by atoms with Crippen LogP contribution in [0.15, 0.2) is 6.08 Å². The summed E-state index contributed by atoms with van der Waals surface area (Å²) >= 11 is 0. The first-order valence-electron chi connectivity index (χ1n) is 6.59. The summed E-state index contributed by atoms with van der Waals surface area (Å²) in [6.45, 7) is 5.96. The van der Waals surface area contributed by atoms with Gasteiger partial charge in [-0.25, -0.2) is 0 Å². The van der Waals surface area contributed by atoms with Crippen LogP contribution in [-0.4, -0.2) is 33.4 Å². The molecule has 0 saturated heterocycles. The van der Waals surface area contributed by atoms with Crippen molar-refractivity contribution in [3.05, 3.63) is 23.0 Å². The van der Waals surface area contributed by atoms with E-state index in [-0.39, 0.29) is 18.6 Å². The molecule has 1 amide bonds. The van der Waals surface area contributed by atoms with E-state index in [2.05, 4.69) is 10.4 Å². The lowest BCUT2D eigenvalue weighted by Gasteiger charge is -2.13. The second kappa shape index (κ2) is 7.09.